The Morgan fingerprint density at radius 2 is 1.63 bits per heavy atom. The quantitative estimate of drug-likeness (QED) is 0.559. The van der Waals surface area contributed by atoms with Crippen molar-refractivity contribution >= 4 is 17.6 Å². The molecule has 0 aliphatic carbocycles. The first-order chi connectivity index (χ1) is 14.2. The van der Waals surface area contributed by atoms with Gasteiger partial charge in [0.15, 0.2) is 0 Å². The van der Waals surface area contributed by atoms with Gasteiger partial charge in [-0.25, -0.2) is 13.6 Å². The number of halogens is 5. The van der Waals surface area contributed by atoms with Crippen LogP contribution in [0.15, 0.2) is 60.4 Å². The molecule has 0 fully saturated rings. The first kappa shape index (κ1) is 22.8. The fourth-order valence-electron chi connectivity index (χ4n) is 2.04. The third-order valence-corrected chi connectivity index (χ3v) is 3.59. The third kappa shape index (κ3) is 6.01. The molecule has 160 valence electrons. The van der Waals surface area contributed by atoms with Gasteiger partial charge in [0.25, 0.3) is 5.91 Å². The number of anilines is 1. The molecule has 0 heterocycles. The molecular formula is C19H15F5N2O4. The molecule has 0 saturated heterocycles. The van der Waals surface area contributed by atoms with Crippen molar-refractivity contribution in [2.75, 3.05) is 18.2 Å². The summed E-state index contributed by atoms with van der Waals surface area (Å²) in [5.41, 5.74) is 5.00. The summed E-state index contributed by atoms with van der Waals surface area (Å²) in [4.78, 5) is 28.1. The second kappa shape index (κ2) is 9.83. The van der Waals surface area contributed by atoms with Gasteiger partial charge >= 0.3 is 12.1 Å². The highest BCUT2D eigenvalue weighted by atomic mass is 19.4. The van der Waals surface area contributed by atoms with Crippen LogP contribution in [-0.2, 0) is 9.63 Å². The van der Waals surface area contributed by atoms with Crippen LogP contribution in [0.4, 0.5) is 27.6 Å². The minimum atomic E-state index is -5.36. The van der Waals surface area contributed by atoms with Crippen LogP contribution in [0.1, 0.15) is 10.4 Å². The first-order valence-corrected chi connectivity index (χ1v) is 8.26. The maximum Gasteiger partial charge on any atom is 0.493 e. The molecule has 1 amide bonds. The highest BCUT2D eigenvalue weighted by Gasteiger charge is 2.43. The second-order valence-electron chi connectivity index (χ2n) is 5.74. The van der Waals surface area contributed by atoms with Crippen LogP contribution in [0, 0.1) is 5.82 Å². The lowest BCUT2D eigenvalue weighted by atomic mass is 10.2. The standard InChI is InChI=1S/C19H15F5N2O4/c20-9-12(10-25)11-29-16-7-1-13(2-8-16)17(27)26(30-18(28)19(22,23)24)15-5-3-14(21)4-6-15/h1-9H,10-11,25H2/b12-9-. The molecule has 6 nitrogen and oxygen atoms in total. The van der Waals surface area contributed by atoms with Crippen molar-refractivity contribution in [2.24, 2.45) is 5.73 Å². The van der Waals surface area contributed by atoms with Crippen molar-refractivity contribution in [1.82, 2.24) is 0 Å². The Kier molecular flexibility index (Phi) is 7.48. The summed E-state index contributed by atoms with van der Waals surface area (Å²) in [6.45, 7) is -0.213. The summed E-state index contributed by atoms with van der Waals surface area (Å²) in [6.07, 6.45) is -5.06. The van der Waals surface area contributed by atoms with Crippen molar-refractivity contribution in [2.45, 2.75) is 6.18 Å². The molecule has 0 unspecified atom stereocenters. The third-order valence-electron chi connectivity index (χ3n) is 3.59. The Hall–Kier alpha value is -3.47. The molecule has 0 bridgehead atoms. The highest BCUT2D eigenvalue weighted by Crippen LogP contribution is 2.24. The lowest BCUT2D eigenvalue weighted by molar-refractivity contribution is -0.199. The zero-order chi connectivity index (χ0) is 22.3. The van der Waals surface area contributed by atoms with Crippen LogP contribution in [0.2, 0.25) is 0 Å². The van der Waals surface area contributed by atoms with E-state index >= 15 is 0 Å². The average Bonchev–Trinajstić information content (AvgIpc) is 2.72. The molecule has 0 atom stereocenters. The molecule has 0 spiro atoms. The molecule has 2 N–H and O–H groups in total. The zero-order valence-corrected chi connectivity index (χ0v) is 15.2. The molecule has 0 aliphatic heterocycles. The molecule has 11 heteroatoms. The predicted molar refractivity (Wildman–Crippen MR) is 95.5 cm³/mol. The molecule has 0 saturated carbocycles. The van der Waals surface area contributed by atoms with Gasteiger partial charge in [0.05, 0.1) is 12.0 Å². The van der Waals surface area contributed by atoms with E-state index in [2.05, 4.69) is 4.84 Å². The number of hydroxylamine groups is 1. The zero-order valence-electron chi connectivity index (χ0n) is 15.2. The maximum atomic E-state index is 13.1. The summed E-state index contributed by atoms with van der Waals surface area (Å²) < 4.78 is 68.6. The summed E-state index contributed by atoms with van der Waals surface area (Å²) in [6, 6.07) is 8.66. The van der Waals surface area contributed by atoms with Crippen LogP contribution in [0.25, 0.3) is 0 Å². The van der Waals surface area contributed by atoms with E-state index < -0.39 is 23.9 Å². The van der Waals surface area contributed by atoms with Gasteiger partial charge in [-0.1, -0.05) is 0 Å². The van der Waals surface area contributed by atoms with E-state index in [4.69, 9.17) is 10.5 Å². The summed E-state index contributed by atoms with van der Waals surface area (Å²) in [7, 11) is 0. The van der Waals surface area contributed by atoms with Crippen LogP contribution in [0.5, 0.6) is 5.75 Å². The van der Waals surface area contributed by atoms with E-state index in [1.54, 1.807) is 0 Å². The number of carbonyl (C=O) groups is 2. The first-order valence-electron chi connectivity index (χ1n) is 8.26. The van der Waals surface area contributed by atoms with Crippen molar-refractivity contribution in [3.8, 4) is 5.75 Å². The average molecular weight is 430 g/mol. The molecular weight excluding hydrogens is 415 g/mol. The van der Waals surface area contributed by atoms with Gasteiger partial charge in [-0.05, 0) is 48.5 Å². The largest absolute Gasteiger partial charge is 0.493 e. The van der Waals surface area contributed by atoms with Gasteiger partial charge in [-0.15, -0.1) is 5.06 Å². The Bertz CT molecular complexity index is 912. The van der Waals surface area contributed by atoms with E-state index in [1.165, 1.54) is 24.3 Å². The number of hydrogen-bond donors (Lipinski definition) is 1. The van der Waals surface area contributed by atoms with Gasteiger partial charge in [-0.3, -0.25) is 4.79 Å². The summed E-state index contributed by atoms with van der Waals surface area (Å²) >= 11 is 0. The topological polar surface area (TPSA) is 81.9 Å². The molecule has 2 rings (SSSR count). The molecule has 0 radical (unpaired) electrons. The van der Waals surface area contributed by atoms with Crippen molar-refractivity contribution in [1.29, 1.82) is 0 Å². The van der Waals surface area contributed by atoms with Crippen LogP contribution >= 0.6 is 0 Å². The molecule has 0 aliphatic rings. The molecule has 0 aromatic heterocycles. The Balaban J connectivity index is 2.24. The summed E-state index contributed by atoms with van der Waals surface area (Å²) in [5.74, 6) is -4.25. The monoisotopic (exact) mass is 430 g/mol. The van der Waals surface area contributed by atoms with Gasteiger partial charge in [0.2, 0.25) is 0 Å². The number of rotatable bonds is 6. The van der Waals surface area contributed by atoms with Gasteiger partial charge in [0.1, 0.15) is 18.2 Å². The van der Waals surface area contributed by atoms with E-state index in [-0.39, 0.29) is 40.8 Å². The number of nitrogens with two attached hydrogens (primary N) is 1. The van der Waals surface area contributed by atoms with E-state index in [1.807, 2.05) is 0 Å². The number of nitrogens with zero attached hydrogens (tertiary/aromatic N) is 1. The van der Waals surface area contributed by atoms with E-state index in [0.29, 0.717) is 6.33 Å². The SMILES string of the molecule is NC/C(=C/F)COc1ccc(C(=O)N(OC(=O)C(F)(F)F)c2ccc(F)cc2)cc1. The van der Waals surface area contributed by atoms with Crippen molar-refractivity contribution < 1.29 is 41.1 Å². The summed E-state index contributed by atoms with van der Waals surface area (Å²) in [5, 5.41) is 0.101. The minimum Gasteiger partial charge on any atom is -0.489 e. The molecule has 30 heavy (non-hydrogen) atoms. The number of hydrogen-bond acceptors (Lipinski definition) is 5. The van der Waals surface area contributed by atoms with Crippen molar-refractivity contribution in [3.05, 3.63) is 71.8 Å². The lowest BCUT2D eigenvalue weighted by Gasteiger charge is -2.22. The minimum absolute atomic E-state index is 0.0652. The number of benzene rings is 2. The van der Waals surface area contributed by atoms with Crippen LogP contribution in [0.3, 0.4) is 0 Å². The lowest BCUT2D eigenvalue weighted by Crippen LogP contribution is -2.38. The van der Waals surface area contributed by atoms with E-state index in [0.717, 1.165) is 24.3 Å². The van der Waals surface area contributed by atoms with Gasteiger partial charge in [0, 0.05) is 17.7 Å². The Labute approximate surface area is 167 Å². The fraction of sp³-hybridized carbons (Fsp3) is 0.158. The van der Waals surface area contributed by atoms with Gasteiger partial charge in [-0.2, -0.15) is 13.2 Å². The number of ether oxygens (including phenoxy) is 1. The Morgan fingerprint density at radius 3 is 2.13 bits per heavy atom. The molecule has 2 aromatic carbocycles. The normalized spacial score (nSPS) is 11.7. The number of alkyl halides is 3. The van der Waals surface area contributed by atoms with Gasteiger partial charge < -0.3 is 15.3 Å². The van der Waals surface area contributed by atoms with E-state index in [9.17, 15) is 31.5 Å². The van der Waals surface area contributed by atoms with Crippen LogP contribution in [-0.4, -0.2) is 31.2 Å². The highest BCUT2D eigenvalue weighted by molar-refractivity contribution is 6.05. The maximum absolute atomic E-state index is 13.1. The number of carbonyl (C=O) groups excluding carboxylic acids is 2. The second-order valence-corrected chi connectivity index (χ2v) is 5.74. The van der Waals surface area contributed by atoms with Crippen molar-refractivity contribution in [3.63, 3.8) is 0 Å². The fourth-order valence-corrected chi connectivity index (χ4v) is 2.04. The van der Waals surface area contributed by atoms with Crippen LogP contribution < -0.4 is 15.5 Å². The smallest absolute Gasteiger partial charge is 0.489 e. The predicted octanol–water partition coefficient (Wildman–Crippen LogP) is 3.68. The number of amides is 1. The molecule has 2 aromatic rings. The Morgan fingerprint density at radius 1 is 1.03 bits per heavy atom.